The summed E-state index contributed by atoms with van der Waals surface area (Å²) < 4.78 is 64.8. The van der Waals surface area contributed by atoms with Crippen molar-refractivity contribution < 1.29 is 31.8 Å². The fourth-order valence-corrected chi connectivity index (χ4v) is 5.10. The Hall–Kier alpha value is -2.93. The third-order valence-electron chi connectivity index (χ3n) is 5.08. The van der Waals surface area contributed by atoms with E-state index in [0.29, 0.717) is 13.5 Å². The van der Waals surface area contributed by atoms with Gasteiger partial charge in [-0.3, -0.25) is 9.79 Å². The van der Waals surface area contributed by atoms with E-state index in [0.717, 1.165) is 18.5 Å². The van der Waals surface area contributed by atoms with Gasteiger partial charge in [0, 0.05) is 36.1 Å². The van der Waals surface area contributed by atoms with Crippen LogP contribution in [0, 0.1) is 11.6 Å². The Kier molecular flexibility index (Phi) is 7.60. The minimum Gasteiger partial charge on any atom is -0.470 e. The first-order valence-electron chi connectivity index (χ1n) is 10.4. The number of hydrogen-bond acceptors (Lipinski definition) is 8. The third kappa shape index (κ3) is 6.60. The van der Waals surface area contributed by atoms with Gasteiger partial charge in [0.25, 0.3) is 11.8 Å². The molecule has 3 N–H and O–H groups in total. The van der Waals surface area contributed by atoms with Gasteiger partial charge in [-0.1, -0.05) is 11.8 Å². The van der Waals surface area contributed by atoms with Crippen LogP contribution in [-0.2, 0) is 10.3 Å². The van der Waals surface area contributed by atoms with Crippen LogP contribution in [0.25, 0.3) is 0 Å². The van der Waals surface area contributed by atoms with Crippen LogP contribution in [0.1, 0.15) is 43.2 Å². The van der Waals surface area contributed by atoms with Crippen LogP contribution in [0.5, 0.6) is 5.88 Å². The Morgan fingerprint density at radius 1 is 1.26 bits per heavy atom. The summed E-state index contributed by atoms with van der Waals surface area (Å²) in [5.41, 5.74) is 4.45. The molecule has 8 nitrogen and oxygen atoms in total. The summed E-state index contributed by atoms with van der Waals surface area (Å²) in [6.45, 7) is 3.59. The van der Waals surface area contributed by atoms with Crippen molar-refractivity contribution in [3.8, 4) is 5.88 Å². The molecule has 35 heavy (non-hydrogen) atoms. The lowest BCUT2D eigenvalue weighted by Gasteiger charge is -2.41. The van der Waals surface area contributed by atoms with E-state index < -0.39 is 40.4 Å². The van der Waals surface area contributed by atoms with Crippen molar-refractivity contribution in [3.63, 3.8) is 0 Å². The molecule has 1 aliphatic heterocycles. The van der Waals surface area contributed by atoms with Crippen molar-refractivity contribution in [2.24, 2.45) is 10.7 Å². The van der Waals surface area contributed by atoms with Gasteiger partial charge in [-0.25, -0.2) is 27.5 Å². The highest BCUT2D eigenvalue weighted by molar-refractivity contribution is 8.15. The monoisotopic (exact) mass is 515 g/mol. The maximum Gasteiger partial charge on any atom is 0.278 e. The summed E-state index contributed by atoms with van der Waals surface area (Å²) in [6, 6.07) is 2.11. The van der Waals surface area contributed by atoms with Crippen LogP contribution >= 0.6 is 11.8 Å². The first-order chi connectivity index (χ1) is 16.2. The van der Waals surface area contributed by atoms with E-state index in [-0.39, 0.29) is 34.4 Å². The zero-order chi connectivity index (χ0) is 26.0. The lowest BCUT2D eigenvalue weighted by atomic mass is 9.83. The number of amides is 1. The van der Waals surface area contributed by atoms with E-state index in [2.05, 4.69) is 20.3 Å². The molecule has 1 aliphatic rings. The highest BCUT2D eigenvalue weighted by atomic mass is 32.2. The van der Waals surface area contributed by atoms with Crippen molar-refractivity contribution in [3.05, 3.63) is 47.4 Å². The molecular weight excluding hydrogens is 490 g/mol. The van der Waals surface area contributed by atoms with Gasteiger partial charge in [0.15, 0.2) is 23.4 Å². The Labute approximate surface area is 203 Å². The molecular formula is C22H25F4N5O3S. The molecule has 190 valence electrons. The van der Waals surface area contributed by atoms with E-state index in [1.807, 2.05) is 6.92 Å². The fraction of sp³-hybridized carbons (Fsp3) is 0.455. The molecule has 1 aromatic carbocycles. The number of nitrogens with two attached hydrogens (primary N) is 1. The van der Waals surface area contributed by atoms with Crippen LogP contribution in [-0.4, -0.2) is 52.0 Å². The number of rotatable bonds is 8. The fourth-order valence-electron chi connectivity index (χ4n) is 3.82. The van der Waals surface area contributed by atoms with Crippen molar-refractivity contribution >= 4 is 28.5 Å². The summed E-state index contributed by atoms with van der Waals surface area (Å²) in [4.78, 5) is 24.6. The van der Waals surface area contributed by atoms with Crippen molar-refractivity contribution in [2.75, 3.05) is 25.6 Å². The highest BCUT2D eigenvalue weighted by Gasteiger charge is 2.44. The van der Waals surface area contributed by atoms with Crippen molar-refractivity contribution in [1.29, 1.82) is 0 Å². The first-order valence-corrected chi connectivity index (χ1v) is 11.2. The minimum absolute atomic E-state index is 0.0432. The molecule has 1 aromatic heterocycles. The number of halogens is 4. The lowest BCUT2D eigenvalue weighted by Crippen LogP contribution is -2.43. The van der Waals surface area contributed by atoms with E-state index in [1.165, 1.54) is 24.9 Å². The van der Waals surface area contributed by atoms with Gasteiger partial charge < -0.3 is 20.5 Å². The second-order valence-electron chi connectivity index (χ2n) is 8.76. The van der Waals surface area contributed by atoms with Gasteiger partial charge in [-0.15, -0.1) is 0 Å². The number of benzene rings is 1. The molecule has 1 amide bonds. The zero-order valence-electron chi connectivity index (χ0n) is 19.5. The number of hydrogen-bond donors (Lipinski definition) is 2. The second kappa shape index (κ2) is 9.97. The predicted molar refractivity (Wildman–Crippen MR) is 124 cm³/mol. The summed E-state index contributed by atoms with van der Waals surface area (Å²) in [6.07, 6.45) is 2.31. The molecule has 0 saturated carbocycles. The van der Waals surface area contributed by atoms with Gasteiger partial charge in [-0.05, 0) is 26.3 Å². The van der Waals surface area contributed by atoms with Crippen LogP contribution in [0.2, 0.25) is 0 Å². The summed E-state index contributed by atoms with van der Waals surface area (Å²) >= 11 is 1.29. The number of anilines is 1. The molecule has 2 aromatic rings. The summed E-state index contributed by atoms with van der Waals surface area (Å²) in [7, 11) is 1.53. The number of amidine groups is 1. The third-order valence-corrected chi connectivity index (χ3v) is 6.13. The predicted octanol–water partition coefficient (Wildman–Crippen LogP) is 4.11. The smallest absolute Gasteiger partial charge is 0.278 e. The van der Waals surface area contributed by atoms with Crippen molar-refractivity contribution in [2.45, 2.75) is 43.4 Å². The molecule has 0 saturated heterocycles. The SMILES string of the molecule is COC[C@@]1(C)C[C@@](C)(c2cc(NC(=O)c3cnc(OCC(C)(F)F)cn3)cc(F)c2F)N=C(N)S1. The number of ether oxygens (including phenoxy) is 2. The molecule has 13 heteroatoms. The van der Waals surface area contributed by atoms with E-state index in [9.17, 15) is 22.4 Å². The molecule has 2 atom stereocenters. The average molecular weight is 516 g/mol. The molecule has 2 heterocycles. The van der Waals surface area contributed by atoms with Gasteiger partial charge in [0.05, 0.1) is 24.5 Å². The van der Waals surface area contributed by atoms with Crippen LogP contribution < -0.4 is 15.8 Å². The molecule has 0 bridgehead atoms. The molecule has 0 fully saturated rings. The van der Waals surface area contributed by atoms with Crippen LogP contribution in [0.15, 0.2) is 29.5 Å². The molecule has 0 unspecified atom stereocenters. The number of thioether (sulfide) groups is 1. The zero-order valence-corrected chi connectivity index (χ0v) is 20.3. The number of aromatic nitrogens is 2. The van der Waals surface area contributed by atoms with Gasteiger partial charge >= 0.3 is 0 Å². The second-order valence-corrected chi connectivity index (χ2v) is 10.4. The van der Waals surface area contributed by atoms with Gasteiger partial charge in [0.1, 0.15) is 5.69 Å². The number of carbonyl (C=O) groups is 1. The van der Waals surface area contributed by atoms with Crippen LogP contribution in [0.3, 0.4) is 0 Å². The van der Waals surface area contributed by atoms with E-state index in [1.54, 1.807) is 6.92 Å². The van der Waals surface area contributed by atoms with Crippen molar-refractivity contribution in [1.82, 2.24) is 9.97 Å². The quantitative estimate of drug-likeness (QED) is 0.509. The normalized spacial score (nSPS) is 22.5. The lowest BCUT2D eigenvalue weighted by molar-refractivity contribution is -0.0243. The largest absolute Gasteiger partial charge is 0.470 e. The molecule has 0 radical (unpaired) electrons. The Bertz CT molecular complexity index is 1130. The molecule has 0 spiro atoms. The minimum atomic E-state index is -3.06. The summed E-state index contributed by atoms with van der Waals surface area (Å²) in [5.74, 6) is -6.34. The molecule has 3 rings (SSSR count). The number of carbonyl (C=O) groups excluding carboxylic acids is 1. The number of aliphatic imine (C=N–C) groups is 1. The topological polar surface area (TPSA) is 112 Å². The number of nitrogens with one attached hydrogen (secondary N) is 1. The number of nitrogens with zero attached hydrogens (tertiary/aromatic N) is 3. The Morgan fingerprint density at radius 2 is 1.97 bits per heavy atom. The number of alkyl halides is 2. The van der Waals surface area contributed by atoms with Gasteiger partial charge in [0.2, 0.25) is 5.88 Å². The Balaban J connectivity index is 1.84. The Morgan fingerprint density at radius 3 is 2.57 bits per heavy atom. The number of methoxy groups -OCH3 is 1. The maximum atomic E-state index is 14.9. The maximum absolute atomic E-state index is 14.9. The van der Waals surface area contributed by atoms with E-state index in [4.69, 9.17) is 15.2 Å². The standard InChI is InChI=1S/C22H25F4N5O3S/c1-20(10-33-4)9-21(2,31-19(27)35-20)13-5-12(6-14(23)17(13)24)30-18(32)15-7-29-16(8-28-15)34-11-22(3,25)26/h5-8H,9-11H2,1-4H3,(H2,27,31)(H,30,32)/t20-,21+/m1/s1. The highest BCUT2D eigenvalue weighted by Crippen LogP contribution is 2.46. The molecule has 0 aliphatic carbocycles. The summed E-state index contributed by atoms with van der Waals surface area (Å²) in [5, 5.41) is 2.64. The van der Waals surface area contributed by atoms with E-state index >= 15 is 0 Å². The van der Waals surface area contributed by atoms with Crippen LogP contribution in [0.4, 0.5) is 23.2 Å². The average Bonchev–Trinajstić information content (AvgIpc) is 2.73. The first kappa shape index (κ1) is 26.7. The van der Waals surface area contributed by atoms with Gasteiger partial charge in [-0.2, -0.15) is 0 Å².